The van der Waals surface area contributed by atoms with Gasteiger partial charge in [0.15, 0.2) is 5.96 Å². The van der Waals surface area contributed by atoms with Crippen molar-refractivity contribution in [1.29, 1.82) is 0 Å². The SMILES string of the molecule is CCNC(=NCc1ccc2c(c1)CCCN2C)NCCN1C(=O)C2C3C=CC(C3)C2C1=O.I. The van der Waals surface area contributed by atoms with Crippen LogP contribution in [-0.4, -0.2) is 55.9 Å². The van der Waals surface area contributed by atoms with E-state index in [1.807, 2.05) is 6.92 Å². The van der Waals surface area contributed by atoms with E-state index in [9.17, 15) is 9.59 Å². The average Bonchev–Trinajstić information content (AvgIpc) is 3.47. The lowest BCUT2D eigenvalue weighted by molar-refractivity contribution is -0.140. The molecule has 5 rings (SSSR count). The number of aryl methyl sites for hydroxylation is 1. The molecule has 2 bridgehead atoms. The summed E-state index contributed by atoms with van der Waals surface area (Å²) in [5.74, 6) is 1.01. The van der Waals surface area contributed by atoms with Crippen molar-refractivity contribution in [2.45, 2.75) is 32.7 Å². The summed E-state index contributed by atoms with van der Waals surface area (Å²) >= 11 is 0. The van der Waals surface area contributed by atoms with Crippen LogP contribution in [0.4, 0.5) is 5.69 Å². The van der Waals surface area contributed by atoms with Crippen LogP contribution in [0.3, 0.4) is 0 Å². The van der Waals surface area contributed by atoms with Gasteiger partial charge in [-0.1, -0.05) is 24.3 Å². The van der Waals surface area contributed by atoms with E-state index < -0.39 is 0 Å². The fraction of sp³-hybridized carbons (Fsp3) is 0.560. The second-order valence-corrected chi connectivity index (χ2v) is 9.44. The Morgan fingerprint density at radius 1 is 1.12 bits per heavy atom. The van der Waals surface area contributed by atoms with Gasteiger partial charge in [0.1, 0.15) is 0 Å². The van der Waals surface area contributed by atoms with Crippen molar-refractivity contribution in [3.05, 3.63) is 41.5 Å². The van der Waals surface area contributed by atoms with Crippen LogP contribution in [0.1, 0.15) is 30.9 Å². The van der Waals surface area contributed by atoms with E-state index in [2.05, 4.69) is 52.9 Å². The Balaban J connectivity index is 0.00000259. The van der Waals surface area contributed by atoms with E-state index in [0.29, 0.717) is 25.6 Å². The summed E-state index contributed by atoms with van der Waals surface area (Å²) < 4.78 is 0. The highest BCUT2D eigenvalue weighted by molar-refractivity contribution is 14.0. The Labute approximate surface area is 213 Å². The maximum atomic E-state index is 12.8. The Morgan fingerprint density at radius 3 is 2.55 bits per heavy atom. The van der Waals surface area contributed by atoms with Gasteiger partial charge >= 0.3 is 0 Å². The van der Waals surface area contributed by atoms with Crippen molar-refractivity contribution < 1.29 is 9.59 Å². The van der Waals surface area contributed by atoms with Crippen molar-refractivity contribution in [2.75, 3.05) is 38.1 Å². The molecule has 178 valence electrons. The number of aliphatic imine (C=N–C) groups is 1. The van der Waals surface area contributed by atoms with E-state index in [1.54, 1.807) is 0 Å². The highest BCUT2D eigenvalue weighted by Gasteiger charge is 2.58. The van der Waals surface area contributed by atoms with Gasteiger partial charge in [0.25, 0.3) is 0 Å². The van der Waals surface area contributed by atoms with E-state index in [4.69, 9.17) is 4.99 Å². The van der Waals surface area contributed by atoms with Crippen LogP contribution in [0.25, 0.3) is 0 Å². The molecule has 4 aliphatic rings. The zero-order valence-electron chi connectivity index (χ0n) is 19.4. The van der Waals surface area contributed by atoms with Crippen LogP contribution in [0.2, 0.25) is 0 Å². The van der Waals surface area contributed by atoms with Crippen LogP contribution in [0.15, 0.2) is 35.3 Å². The van der Waals surface area contributed by atoms with Crippen molar-refractivity contribution in [3.8, 4) is 0 Å². The van der Waals surface area contributed by atoms with Gasteiger partial charge < -0.3 is 15.5 Å². The molecule has 1 aromatic rings. The maximum Gasteiger partial charge on any atom is 0.233 e. The quantitative estimate of drug-likeness (QED) is 0.183. The first-order valence-corrected chi connectivity index (χ1v) is 12.0. The minimum absolute atomic E-state index is 0. The minimum Gasteiger partial charge on any atom is -0.374 e. The number of nitrogens with one attached hydrogen (secondary N) is 2. The van der Waals surface area contributed by atoms with Gasteiger partial charge in [0, 0.05) is 38.9 Å². The van der Waals surface area contributed by atoms with Crippen molar-refractivity contribution >= 4 is 47.4 Å². The number of carbonyl (C=O) groups excluding carboxylic acids is 2. The number of hydrogen-bond donors (Lipinski definition) is 2. The third-order valence-corrected chi connectivity index (χ3v) is 7.45. The first kappa shape index (κ1) is 24.0. The van der Waals surface area contributed by atoms with Crippen LogP contribution in [0.5, 0.6) is 0 Å². The Morgan fingerprint density at radius 2 is 1.85 bits per heavy atom. The standard InChI is InChI=1S/C25H33N5O2.HI/c1-3-26-25(28-15-16-6-9-20-17(13-16)5-4-11-29(20)2)27-10-12-30-23(31)21-18-7-8-19(14-18)22(21)24(30)32;/h6-9,13,18-19,21-22H,3-5,10-12,14-15H2,1-2H3,(H2,26,27,28);1H. The molecule has 2 aliphatic heterocycles. The number of carbonyl (C=O) groups is 2. The number of halogens is 1. The zero-order chi connectivity index (χ0) is 22.2. The van der Waals surface area contributed by atoms with Crippen LogP contribution < -0.4 is 15.5 Å². The second kappa shape index (κ2) is 10.0. The first-order valence-electron chi connectivity index (χ1n) is 12.0. The molecule has 1 aromatic carbocycles. The predicted octanol–water partition coefficient (Wildman–Crippen LogP) is 2.55. The molecule has 2 aliphatic carbocycles. The monoisotopic (exact) mass is 563 g/mol. The highest BCUT2D eigenvalue weighted by atomic mass is 127. The third kappa shape index (κ3) is 4.50. The number of benzene rings is 1. The molecule has 0 spiro atoms. The molecule has 2 fully saturated rings. The number of imide groups is 1. The lowest BCUT2D eigenvalue weighted by atomic mass is 9.85. The van der Waals surface area contributed by atoms with Gasteiger partial charge in [0.2, 0.25) is 11.8 Å². The van der Waals surface area contributed by atoms with E-state index in [1.165, 1.54) is 28.1 Å². The van der Waals surface area contributed by atoms with Crippen molar-refractivity contribution in [3.63, 3.8) is 0 Å². The molecule has 1 saturated heterocycles. The zero-order valence-corrected chi connectivity index (χ0v) is 21.7. The molecule has 33 heavy (non-hydrogen) atoms. The normalized spacial score (nSPS) is 27.5. The molecule has 4 unspecified atom stereocenters. The Bertz CT molecular complexity index is 948. The lowest BCUT2D eigenvalue weighted by Crippen LogP contribution is -2.43. The summed E-state index contributed by atoms with van der Waals surface area (Å²) in [5.41, 5.74) is 3.91. The predicted molar refractivity (Wildman–Crippen MR) is 141 cm³/mol. The topological polar surface area (TPSA) is 77.0 Å². The number of likely N-dealkylation sites (tertiary alicyclic amines) is 1. The molecular formula is C25H34IN5O2. The number of guanidine groups is 1. The number of anilines is 1. The van der Waals surface area contributed by atoms with Gasteiger partial charge in [-0.2, -0.15) is 0 Å². The largest absolute Gasteiger partial charge is 0.374 e. The van der Waals surface area contributed by atoms with E-state index in [-0.39, 0.29) is 59.5 Å². The molecule has 8 heteroatoms. The van der Waals surface area contributed by atoms with Gasteiger partial charge in [-0.05, 0) is 55.2 Å². The molecule has 4 atom stereocenters. The number of allylic oxidation sites excluding steroid dienone is 2. The first-order chi connectivity index (χ1) is 15.6. The number of rotatable bonds is 6. The van der Waals surface area contributed by atoms with Crippen LogP contribution in [-0.2, 0) is 22.6 Å². The molecule has 0 aromatic heterocycles. The summed E-state index contributed by atoms with van der Waals surface area (Å²) in [6.45, 7) is 5.37. The fourth-order valence-electron chi connectivity index (χ4n) is 5.92. The maximum absolute atomic E-state index is 12.8. The summed E-state index contributed by atoms with van der Waals surface area (Å²) in [5, 5.41) is 6.57. The summed E-state index contributed by atoms with van der Waals surface area (Å²) in [6.07, 6.45) is 7.54. The van der Waals surface area contributed by atoms with Gasteiger partial charge in [-0.25, -0.2) is 4.99 Å². The molecule has 0 radical (unpaired) electrons. The number of hydrogen-bond acceptors (Lipinski definition) is 4. The van der Waals surface area contributed by atoms with Gasteiger partial charge in [-0.15, -0.1) is 24.0 Å². The number of amides is 2. The Hall–Kier alpha value is -2.10. The number of nitrogens with zero attached hydrogens (tertiary/aromatic N) is 3. The molecule has 2 heterocycles. The summed E-state index contributed by atoms with van der Waals surface area (Å²) in [7, 11) is 2.15. The third-order valence-electron chi connectivity index (χ3n) is 7.45. The Kier molecular flexibility index (Phi) is 7.31. The lowest BCUT2D eigenvalue weighted by Gasteiger charge is -2.27. The summed E-state index contributed by atoms with van der Waals surface area (Å²) in [6, 6.07) is 6.61. The van der Waals surface area contributed by atoms with Crippen molar-refractivity contribution in [1.82, 2.24) is 15.5 Å². The summed E-state index contributed by atoms with van der Waals surface area (Å²) in [4.78, 5) is 34.2. The average molecular weight is 563 g/mol. The fourth-order valence-corrected chi connectivity index (χ4v) is 5.92. The molecule has 7 nitrogen and oxygen atoms in total. The van der Waals surface area contributed by atoms with Gasteiger partial charge in [-0.3, -0.25) is 14.5 Å². The highest BCUT2D eigenvalue weighted by Crippen LogP contribution is 2.52. The second-order valence-electron chi connectivity index (χ2n) is 9.44. The molecule has 1 saturated carbocycles. The van der Waals surface area contributed by atoms with Crippen LogP contribution in [0, 0.1) is 23.7 Å². The smallest absolute Gasteiger partial charge is 0.233 e. The van der Waals surface area contributed by atoms with Crippen LogP contribution >= 0.6 is 24.0 Å². The van der Waals surface area contributed by atoms with Crippen molar-refractivity contribution in [2.24, 2.45) is 28.7 Å². The number of fused-ring (bicyclic) bond motifs is 6. The molecule has 2 amide bonds. The van der Waals surface area contributed by atoms with E-state index in [0.717, 1.165) is 25.9 Å². The molecule has 2 N–H and O–H groups in total. The van der Waals surface area contributed by atoms with E-state index >= 15 is 0 Å². The minimum atomic E-state index is -0.123. The van der Waals surface area contributed by atoms with Gasteiger partial charge in [0.05, 0.1) is 18.4 Å². The molecular weight excluding hydrogens is 529 g/mol.